The molecule has 1 unspecified atom stereocenters. The van der Waals surface area contributed by atoms with Gasteiger partial charge in [-0.15, -0.1) is 0 Å². The van der Waals surface area contributed by atoms with Crippen molar-refractivity contribution in [3.63, 3.8) is 0 Å². The summed E-state index contributed by atoms with van der Waals surface area (Å²) >= 11 is 14.6. The van der Waals surface area contributed by atoms with Crippen molar-refractivity contribution in [3.05, 3.63) is 49.5 Å². The minimum Gasteiger partial charge on any atom is -0.371 e. The fourth-order valence-electron chi connectivity index (χ4n) is 2.00. The van der Waals surface area contributed by atoms with Crippen LogP contribution in [-0.4, -0.2) is 10.5 Å². The van der Waals surface area contributed by atoms with Gasteiger partial charge in [-0.05, 0) is 34.7 Å². The van der Waals surface area contributed by atoms with E-state index >= 15 is 0 Å². The summed E-state index contributed by atoms with van der Waals surface area (Å²) in [7, 11) is 0. The normalized spacial score (nSPS) is 16.9. The molecule has 19 heavy (non-hydrogen) atoms. The van der Waals surface area contributed by atoms with Crippen molar-refractivity contribution in [3.8, 4) is 11.3 Å². The van der Waals surface area contributed by atoms with Gasteiger partial charge in [0.05, 0.1) is 5.69 Å². The zero-order chi connectivity index (χ0) is 13.4. The third kappa shape index (κ3) is 2.47. The first-order valence-corrected chi connectivity index (χ1v) is 7.58. The molecular formula is C14H9Cl2IN2. The van der Waals surface area contributed by atoms with E-state index in [2.05, 4.69) is 32.9 Å². The second-order valence-corrected chi connectivity index (χ2v) is 6.11. The lowest BCUT2D eigenvalue weighted by Crippen LogP contribution is -2.38. The molecule has 0 spiro atoms. The number of hydrogen-bond donors (Lipinski definition) is 1. The van der Waals surface area contributed by atoms with Crippen LogP contribution in [0.1, 0.15) is 0 Å². The Balaban J connectivity index is 2.28. The summed E-state index contributed by atoms with van der Waals surface area (Å²) < 4.78 is 1.07. The van der Waals surface area contributed by atoms with Crippen molar-refractivity contribution < 1.29 is 0 Å². The van der Waals surface area contributed by atoms with E-state index in [1.165, 1.54) is 0 Å². The lowest BCUT2D eigenvalue weighted by molar-refractivity contribution is 0.974. The Morgan fingerprint density at radius 2 is 2.05 bits per heavy atom. The van der Waals surface area contributed by atoms with Gasteiger partial charge in [0, 0.05) is 37.0 Å². The van der Waals surface area contributed by atoms with E-state index in [4.69, 9.17) is 23.2 Å². The molecule has 1 N–H and O–H groups in total. The van der Waals surface area contributed by atoms with Crippen LogP contribution in [0.15, 0.2) is 30.5 Å². The van der Waals surface area contributed by atoms with Crippen LogP contribution in [0, 0.1) is 3.57 Å². The Kier molecular flexibility index (Phi) is 3.69. The van der Waals surface area contributed by atoms with Crippen LogP contribution in [0.25, 0.3) is 23.5 Å². The SMILES string of the molecule is Clc1ccccc1-c1ncc2c(c1I)=CNC(Cl)C=2. The fraction of sp³-hybridized carbons (Fsp3) is 0.0714. The molecule has 1 aromatic heterocycles. The quantitative estimate of drug-likeness (QED) is 0.450. The molecule has 2 heterocycles. The van der Waals surface area contributed by atoms with E-state index in [1.807, 2.05) is 42.7 Å². The third-order valence-electron chi connectivity index (χ3n) is 2.93. The van der Waals surface area contributed by atoms with E-state index in [-0.39, 0.29) is 5.50 Å². The fourth-order valence-corrected chi connectivity index (χ4v) is 3.32. The van der Waals surface area contributed by atoms with Gasteiger partial charge >= 0.3 is 0 Å². The summed E-state index contributed by atoms with van der Waals surface area (Å²) in [4.78, 5) is 4.53. The Morgan fingerprint density at radius 3 is 2.84 bits per heavy atom. The first-order valence-electron chi connectivity index (χ1n) is 5.68. The highest BCUT2D eigenvalue weighted by Gasteiger charge is 2.12. The number of fused-ring (bicyclic) bond motifs is 1. The van der Waals surface area contributed by atoms with Crippen LogP contribution >= 0.6 is 45.8 Å². The summed E-state index contributed by atoms with van der Waals surface area (Å²) in [5.41, 5.74) is 1.65. The molecule has 0 bridgehead atoms. The summed E-state index contributed by atoms with van der Waals surface area (Å²) in [6.07, 6.45) is 5.71. The first kappa shape index (κ1) is 13.2. The zero-order valence-electron chi connectivity index (χ0n) is 9.70. The molecule has 96 valence electrons. The van der Waals surface area contributed by atoms with Gasteiger partial charge in [0.15, 0.2) is 0 Å². The Morgan fingerprint density at radius 1 is 1.26 bits per heavy atom. The standard InChI is InChI=1S/C14H9Cl2IN2/c15-11-4-2-1-3-9(11)14-13(17)10-7-18-12(16)5-8(10)6-19-14/h1-7,12,18H. The van der Waals surface area contributed by atoms with E-state index in [0.29, 0.717) is 5.02 Å². The van der Waals surface area contributed by atoms with Crippen molar-refractivity contribution in [2.45, 2.75) is 5.50 Å². The predicted octanol–water partition coefficient (Wildman–Crippen LogP) is 2.69. The van der Waals surface area contributed by atoms with E-state index < -0.39 is 0 Å². The minimum atomic E-state index is -0.184. The molecule has 0 fully saturated rings. The summed E-state index contributed by atoms with van der Waals surface area (Å²) in [5, 5.41) is 5.94. The van der Waals surface area contributed by atoms with Crippen LogP contribution in [-0.2, 0) is 0 Å². The number of alkyl halides is 1. The molecule has 0 radical (unpaired) electrons. The second-order valence-electron chi connectivity index (χ2n) is 4.15. The topological polar surface area (TPSA) is 24.9 Å². The predicted molar refractivity (Wildman–Crippen MR) is 88.4 cm³/mol. The van der Waals surface area contributed by atoms with Crippen LogP contribution in [0.3, 0.4) is 0 Å². The highest BCUT2D eigenvalue weighted by Crippen LogP contribution is 2.27. The van der Waals surface area contributed by atoms with E-state index in [9.17, 15) is 0 Å². The van der Waals surface area contributed by atoms with Crippen LogP contribution in [0.2, 0.25) is 5.02 Å². The number of pyridine rings is 1. The molecular weight excluding hydrogens is 394 g/mol. The van der Waals surface area contributed by atoms with Crippen LogP contribution in [0.4, 0.5) is 0 Å². The number of benzene rings is 1. The van der Waals surface area contributed by atoms with Gasteiger partial charge < -0.3 is 5.32 Å². The average molecular weight is 403 g/mol. The van der Waals surface area contributed by atoms with Gasteiger partial charge in [0.1, 0.15) is 5.50 Å². The number of rotatable bonds is 1. The van der Waals surface area contributed by atoms with Crippen molar-refractivity contribution >= 4 is 58.1 Å². The molecule has 0 amide bonds. The molecule has 5 heteroatoms. The van der Waals surface area contributed by atoms with Gasteiger partial charge in [-0.2, -0.15) is 0 Å². The van der Waals surface area contributed by atoms with Crippen molar-refractivity contribution in [2.24, 2.45) is 0 Å². The molecule has 2 nitrogen and oxygen atoms in total. The third-order valence-corrected chi connectivity index (χ3v) is 4.60. The molecule has 1 atom stereocenters. The van der Waals surface area contributed by atoms with Gasteiger partial charge in [0.2, 0.25) is 0 Å². The zero-order valence-corrected chi connectivity index (χ0v) is 13.4. The maximum atomic E-state index is 6.24. The summed E-state index contributed by atoms with van der Waals surface area (Å²) in [6.45, 7) is 0. The van der Waals surface area contributed by atoms with Gasteiger partial charge in [-0.1, -0.05) is 41.4 Å². The van der Waals surface area contributed by atoms with Crippen molar-refractivity contribution in [1.82, 2.24) is 10.3 Å². The Hall–Kier alpha value is -0.780. The van der Waals surface area contributed by atoms with Gasteiger partial charge in [-0.3, -0.25) is 4.98 Å². The molecule has 2 aromatic rings. The monoisotopic (exact) mass is 402 g/mol. The maximum Gasteiger partial charge on any atom is 0.121 e. The average Bonchev–Trinajstić information content (AvgIpc) is 2.40. The molecule has 0 aliphatic carbocycles. The largest absolute Gasteiger partial charge is 0.371 e. The summed E-state index contributed by atoms with van der Waals surface area (Å²) in [6, 6.07) is 7.72. The molecule has 3 rings (SSSR count). The maximum absolute atomic E-state index is 6.24. The number of nitrogens with zero attached hydrogens (tertiary/aromatic N) is 1. The molecule has 1 aliphatic heterocycles. The lowest BCUT2D eigenvalue weighted by Gasteiger charge is -2.12. The highest BCUT2D eigenvalue weighted by molar-refractivity contribution is 14.1. The molecule has 1 aromatic carbocycles. The number of aromatic nitrogens is 1. The molecule has 1 aliphatic rings. The van der Waals surface area contributed by atoms with Crippen molar-refractivity contribution in [2.75, 3.05) is 0 Å². The van der Waals surface area contributed by atoms with E-state index in [0.717, 1.165) is 25.3 Å². The lowest BCUT2D eigenvalue weighted by atomic mass is 10.1. The molecule has 0 saturated carbocycles. The number of nitrogens with one attached hydrogen (secondary N) is 1. The van der Waals surface area contributed by atoms with E-state index in [1.54, 1.807) is 0 Å². The highest BCUT2D eigenvalue weighted by atomic mass is 127. The van der Waals surface area contributed by atoms with Crippen LogP contribution < -0.4 is 15.8 Å². The Bertz CT molecular complexity index is 759. The summed E-state index contributed by atoms with van der Waals surface area (Å²) in [5.74, 6) is 0. The molecule has 0 saturated heterocycles. The van der Waals surface area contributed by atoms with Crippen LogP contribution in [0.5, 0.6) is 0 Å². The van der Waals surface area contributed by atoms with Gasteiger partial charge in [-0.25, -0.2) is 0 Å². The first-order chi connectivity index (χ1) is 9.16. The second kappa shape index (κ2) is 5.31. The van der Waals surface area contributed by atoms with Gasteiger partial charge in [0.25, 0.3) is 0 Å². The number of hydrogen-bond acceptors (Lipinski definition) is 2. The minimum absolute atomic E-state index is 0.184. The Labute approximate surface area is 134 Å². The number of halogens is 3. The van der Waals surface area contributed by atoms with Crippen molar-refractivity contribution in [1.29, 1.82) is 0 Å². The smallest absolute Gasteiger partial charge is 0.121 e.